The summed E-state index contributed by atoms with van der Waals surface area (Å²) >= 11 is 0. The molecule has 7 aromatic rings. The number of nitrogens with zero attached hydrogens (tertiary/aromatic N) is 4. The highest BCUT2D eigenvalue weighted by molar-refractivity contribution is 5.85. The van der Waals surface area contributed by atoms with Crippen molar-refractivity contribution in [2.75, 3.05) is 0 Å². The largest absolute Gasteiger partial charge is 0.449 e. The maximum atomic E-state index is 6.71. The molecule has 0 unspecified atom stereocenters. The minimum atomic E-state index is -0.143. The Balaban J connectivity index is 1.12. The van der Waals surface area contributed by atoms with Gasteiger partial charge in [0.05, 0.1) is 0 Å². The molecule has 0 fully saturated rings. The zero-order valence-electron chi connectivity index (χ0n) is 25.8. The van der Waals surface area contributed by atoms with E-state index in [1.165, 1.54) is 22.3 Å². The number of benzene rings is 5. The molecule has 224 valence electrons. The van der Waals surface area contributed by atoms with E-state index in [0.29, 0.717) is 40.4 Å². The number of aromatic nitrogens is 4. The third-order valence-electron chi connectivity index (χ3n) is 9.05. The normalized spacial score (nSPS) is 13.4. The Morgan fingerprint density at radius 2 is 1.15 bits per heavy atom. The fourth-order valence-corrected chi connectivity index (χ4v) is 6.68. The molecule has 5 aromatic carbocycles. The van der Waals surface area contributed by atoms with Gasteiger partial charge in [-0.05, 0) is 64.2 Å². The Hall–Kier alpha value is -6.14. The van der Waals surface area contributed by atoms with Gasteiger partial charge in [-0.15, -0.1) is 0 Å². The molecule has 0 bridgehead atoms. The van der Waals surface area contributed by atoms with Crippen LogP contribution in [0.3, 0.4) is 0 Å². The first-order chi connectivity index (χ1) is 23.0. The summed E-state index contributed by atoms with van der Waals surface area (Å²) in [5.74, 6) is 4.45. The van der Waals surface area contributed by atoms with Crippen LogP contribution in [0.5, 0.6) is 23.0 Å². The minimum absolute atomic E-state index is 0.143. The predicted octanol–water partition coefficient (Wildman–Crippen LogP) is 10.1. The van der Waals surface area contributed by atoms with E-state index in [9.17, 15) is 0 Å². The van der Waals surface area contributed by atoms with Crippen molar-refractivity contribution in [2.24, 2.45) is 0 Å². The summed E-state index contributed by atoms with van der Waals surface area (Å²) in [6.45, 7) is 4.53. The highest BCUT2D eigenvalue weighted by Gasteiger charge is 2.37. The van der Waals surface area contributed by atoms with Crippen molar-refractivity contribution in [3.63, 3.8) is 0 Å². The molecule has 0 N–H and O–H groups in total. The fraction of sp³-hybridized carbons (Fsp3) is 0.0732. The number of ether oxygens (including phenoxy) is 2. The first kappa shape index (κ1) is 27.2. The number of fused-ring (bicyclic) bond motifs is 5. The van der Waals surface area contributed by atoms with Crippen LogP contribution in [0.15, 0.2) is 134 Å². The van der Waals surface area contributed by atoms with E-state index in [2.05, 4.69) is 73.4 Å². The number of pyridine rings is 1. The van der Waals surface area contributed by atoms with Crippen molar-refractivity contribution in [1.82, 2.24) is 19.9 Å². The van der Waals surface area contributed by atoms with Gasteiger partial charge in [-0.2, -0.15) is 0 Å². The predicted molar refractivity (Wildman–Crippen MR) is 184 cm³/mol. The van der Waals surface area contributed by atoms with Gasteiger partial charge in [0.2, 0.25) is 0 Å². The van der Waals surface area contributed by atoms with Crippen LogP contribution in [0.25, 0.3) is 56.5 Å². The van der Waals surface area contributed by atoms with Crippen LogP contribution >= 0.6 is 0 Å². The van der Waals surface area contributed by atoms with Gasteiger partial charge < -0.3 is 9.47 Å². The van der Waals surface area contributed by atoms with Crippen LogP contribution in [0.1, 0.15) is 25.0 Å². The lowest BCUT2D eigenvalue weighted by Crippen LogP contribution is -2.15. The van der Waals surface area contributed by atoms with Crippen molar-refractivity contribution >= 4 is 0 Å². The SMILES string of the molecule is CC1(C)c2ccccc2-c2cc3c(cc21)Oc1c(cccc1-c1cccc(-c2nc(-c4ccccc4)nc(-c4ccccn4)n2)c1)O3. The van der Waals surface area contributed by atoms with Crippen LogP contribution in [-0.4, -0.2) is 19.9 Å². The Labute approximate surface area is 272 Å². The van der Waals surface area contributed by atoms with Crippen LogP contribution in [0.2, 0.25) is 0 Å². The number of rotatable bonds is 4. The van der Waals surface area contributed by atoms with Crippen molar-refractivity contribution in [3.05, 3.63) is 145 Å². The van der Waals surface area contributed by atoms with Gasteiger partial charge >= 0.3 is 0 Å². The van der Waals surface area contributed by atoms with E-state index in [1.54, 1.807) is 6.20 Å². The molecular weight excluding hydrogens is 580 g/mol. The Morgan fingerprint density at radius 3 is 2.00 bits per heavy atom. The highest BCUT2D eigenvalue weighted by atomic mass is 16.6. The third-order valence-corrected chi connectivity index (χ3v) is 9.05. The molecule has 0 spiro atoms. The molecule has 0 atom stereocenters. The van der Waals surface area contributed by atoms with Crippen LogP contribution in [0, 0.1) is 0 Å². The number of hydrogen-bond acceptors (Lipinski definition) is 6. The summed E-state index contributed by atoms with van der Waals surface area (Å²) in [4.78, 5) is 19.1. The van der Waals surface area contributed by atoms with Crippen molar-refractivity contribution in [2.45, 2.75) is 19.3 Å². The number of para-hydroxylation sites is 1. The molecule has 0 radical (unpaired) electrons. The molecule has 1 aliphatic heterocycles. The Bertz CT molecular complexity index is 2280. The number of hydrogen-bond donors (Lipinski definition) is 0. The summed E-state index contributed by atoms with van der Waals surface area (Å²) in [6.07, 6.45) is 1.74. The van der Waals surface area contributed by atoms with E-state index >= 15 is 0 Å². The van der Waals surface area contributed by atoms with Crippen LogP contribution in [0.4, 0.5) is 0 Å². The average molecular weight is 609 g/mol. The first-order valence-electron chi connectivity index (χ1n) is 15.6. The molecule has 9 rings (SSSR count). The lowest BCUT2D eigenvalue weighted by molar-refractivity contribution is 0.360. The lowest BCUT2D eigenvalue weighted by atomic mass is 9.82. The molecule has 2 aliphatic rings. The second-order valence-corrected chi connectivity index (χ2v) is 12.3. The second kappa shape index (κ2) is 10.5. The maximum absolute atomic E-state index is 6.71. The lowest BCUT2D eigenvalue weighted by Gasteiger charge is -2.26. The summed E-state index contributed by atoms with van der Waals surface area (Å²) < 4.78 is 13.2. The smallest absolute Gasteiger partial charge is 0.182 e. The summed E-state index contributed by atoms with van der Waals surface area (Å²) in [5, 5.41) is 0. The van der Waals surface area contributed by atoms with E-state index in [1.807, 2.05) is 72.8 Å². The Morgan fingerprint density at radius 1 is 0.468 bits per heavy atom. The fourth-order valence-electron chi connectivity index (χ4n) is 6.68. The minimum Gasteiger partial charge on any atom is -0.449 e. The Kier molecular flexibility index (Phi) is 6.05. The molecule has 0 saturated carbocycles. The van der Waals surface area contributed by atoms with Crippen LogP contribution < -0.4 is 9.47 Å². The molecule has 6 heteroatoms. The van der Waals surface area contributed by atoms with Crippen molar-refractivity contribution in [3.8, 4) is 79.5 Å². The molecular formula is C41H28N4O2. The summed E-state index contributed by atoms with van der Waals surface area (Å²) in [7, 11) is 0. The molecule has 6 nitrogen and oxygen atoms in total. The highest BCUT2D eigenvalue weighted by Crippen LogP contribution is 2.56. The maximum Gasteiger partial charge on any atom is 0.182 e. The monoisotopic (exact) mass is 608 g/mol. The molecule has 1 aliphatic carbocycles. The van der Waals surface area contributed by atoms with Crippen molar-refractivity contribution < 1.29 is 9.47 Å². The van der Waals surface area contributed by atoms with Gasteiger partial charge in [0, 0.05) is 28.3 Å². The van der Waals surface area contributed by atoms with Crippen molar-refractivity contribution in [1.29, 1.82) is 0 Å². The zero-order valence-corrected chi connectivity index (χ0v) is 25.8. The summed E-state index contributed by atoms with van der Waals surface area (Å²) in [5.41, 5.74) is 9.16. The molecule has 47 heavy (non-hydrogen) atoms. The topological polar surface area (TPSA) is 70.0 Å². The van der Waals surface area contributed by atoms with Gasteiger partial charge in [-0.25, -0.2) is 15.0 Å². The molecule has 0 amide bonds. The summed E-state index contributed by atoms with van der Waals surface area (Å²) in [6, 6.07) is 42.7. The quantitative estimate of drug-likeness (QED) is 0.198. The van der Waals surface area contributed by atoms with Gasteiger partial charge in [-0.1, -0.05) is 105 Å². The van der Waals surface area contributed by atoms with E-state index < -0.39 is 0 Å². The van der Waals surface area contributed by atoms with Gasteiger partial charge in [0.1, 0.15) is 5.69 Å². The van der Waals surface area contributed by atoms with E-state index in [0.717, 1.165) is 28.0 Å². The second-order valence-electron chi connectivity index (χ2n) is 12.3. The zero-order chi connectivity index (χ0) is 31.5. The third kappa shape index (κ3) is 4.49. The molecule has 0 saturated heterocycles. The van der Waals surface area contributed by atoms with E-state index in [-0.39, 0.29) is 5.41 Å². The first-order valence-corrected chi connectivity index (χ1v) is 15.6. The van der Waals surface area contributed by atoms with Gasteiger partial charge in [0.15, 0.2) is 40.5 Å². The average Bonchev–Trinajstić information content (AvgIpc) is 3.35. The van der Waals surface area contributed by atoms with E-state index in [4.69, 9.17) is 24.4 Å². The van der Waals surface area contributed by atoms with Gasteiger partial charge in [0.25, 0.3) is 0 Å². The van der Waals surface area contributed by atoms with Crippen LogP contribution in [-0.2, 0) is 5.41 Å². The standard InChI is InChI=1S/C41H28N4O2/c1-41(2)31-18-7-6-16-29(31)30-23-35-36(24-32(30)41)47-37-28(17-11-20-34(37)46-35)26-14-10-15-27(22-26)39-43-38(25-12-4-3-5-13-25)44-40(45-39)33-19-8-9-21-42-33/h3-24H,1-2H3. The molecule has 2 aromatic heterocycles. The molecule has 3 heterocycles. The van der Waals surface area contributed by atoms with Gasteiger partial charge in [-0.3, -0.25) is 4.98 Å².